The van der Waals surface area contributed by atoms with E-state index in [0.29, 0.717) is 11.6 Å². The van der Waals surface area contributed by atoms with Crippen molar-refractivity contribution in [3.63, 3.8) is 0 Å². The van der Waals surface area contributed by atoms with E-state index in [1.807, 2.05) is 5.32 Å². The molecule has 0 atom stereocenters. The minimum atomic E-state index is -4.93. The SMILES string of the molecule is Cc1cccc(C(=O)OCC(=O)Nc2ccc([N+](=O)[O-])cc2C(F)(F)F)c1C. The summed E-state index contributed by atoms with van der Waals surface area (Å²) in [6.07, 6.45) is -4.93. The molecule has 0 aromatic heterocycles. The minimum Gasteiger partial charge on any atom is -0.452 e. The Kier molecular flexibility index (Phi) is 6.02. The number of alkyl halides is 3. The number of hydrogen-bond acceptors (Lipinski definition) is 5. The van der Waals surface area contributed by atoms with Gasteiger partial charge in [0.05, 0.1) is 21.7 Å². The lowest BCUT2D eigenvalue weighted by molar-refractivity contribution is -0.385. The molecule has 2 aromatic carbocycles. The lowest BCUT2D eigenvalue weighted by atomic mass is 10.0. The number of esters is 1. The monoisotopic (exact) mass is 396 g/mol. The normalized spacial score (nSPS) is 11.0. The molecule has 2 rings (SSSR count). The number of ether oxygens (including phenoxy) is 1. The van der Waals surface area contributed by atoms with Gasteiger partial charge in [0.25, 0.3) is 11.6 Å². The molecule has 1 N–H and O–H groups in total. The molecule has 7 nitrogen and oxygen atoms in total. The highest BCUT2D eigenvalue weighted by Crippen LogP contribution is 2.37. The van der Waals surface area contributed by atoms with E-state index < -0.39 is 46.5 Å². The molecule has 0 saturated heterocycles. The fourth-order valence-corrected chi connectivity index (χ4v) is 2.36. The van der Waals surface area contributed by atoms with Crippen LogP contribution in [-0.4, -0.2) is 23.4 Å². The van der Waals surface area contributed by atoms with Gasteiger partial charge in [-0.2, -0.15) is 13.2 Å². The summed E-state index contributed by atoms with van der Waals surface area (Å²) in [5.41, 5.74) is -1.10. The second-order valence-corrected chi connectivity index (χ2v) is 5.86. The van der Waals surface area contributed by atoms with Gasteiger partial charge in [0.1, 0.15) is 0 Å². The average molecular weight is 396 g/mol. The standard InChI is InChI=1S/C18H15F3N2O5/c1-10-4-3-5-13(11(10)2)17(25)28-9-16(24)22-15-7-6-12(23(26)27)8-14(15)18(19,20)21/h3-8H,9H2,1-2H3,(H,22,24). The van der Waals surface area contributed by atoms with Crippen molar-refractivity contribution in [3.05, 3.63) is 68.8 Å². The van der Waals surface area contributed by atoms with E-state index in [1.165, 1.54) is 6.07 Å². The van der Waals surface area contributed by atoms with Gasteiger partial charge in [-0.25, -0.2) is 4.79 Å². The van der Waals surface area contributed by atoms with Gasteiger partial charge >= 0.3 is 12.1 Å². The van der Waals surface area contributed by atoms with Crippen molar-refractivity contribution < 1.29 is 32.4 Å². The number of nitrogens with zero attached hydrogens (tertiary/aromatic N) is 1. The molecule has 0 spiro atoms. The maximum absolute atomic E-state index is 13.1. The van der Waals surface area contributed by atoms with Gasteiger partial charge in [0, 0.05) is 12.1 Å². The van der Waals surface area contributed by atoms with Gasteiger partial charge in [0.2, 0.25) is 0 Å². The minimum absolute atomic E-state index is 0.235. The Bertz CT molecular complexity index is 941. The van der Waals surface area contributed by atoms with Crippen molar-refractivity contribution in [2.24, 2.45) is 0 Å². The van der Waals surface area contributed by atoms with E-state index in [1.54, 1.807) is 26.0 Å². The van der Waals surface area contributed by atoms with E-state index in [0.717, 1.165) is 17.7 Å². The lowest BCUT2D eigenvalue weighted by Gasteiger charge is -2.14. The highest BCUT2D eigenvalue weighted by Gasteiger charge is 2.35. The van der Waals surface area contributed by atoms with Gasteiger partial charge in [-0.3, -0.25) is 14.9 Å². The van der Waals surface area contributed by atoms with Gasteiger partial charge in [0.15, 0.2) is 6.61 Å². The molecule has 148 valence electrons. The van der Waals surface area contributed by atoms with Crippen LogP contribution in [0, 0.1) is 24.0 Å². The first-order valence-electron chi connectivity index (χ1n) is 7.89. The Morgan fingerprint density at radius 1 is 1.18 bits per heavy atom. The molecule has 0 aliphatic rings. The van der Waals surface area contributed by atoms with Crippen LogP contribution in [0.4, 0.5) is 24.5 Å². The molecular formula is C18H15F3N2O5. The summed E-state index contributed by atoms with van der Waals surface area (Å²) in [6, 6.07) is 6.83. The third-order valence-electron chi connectivity index (χ3n) is 3.95. The lowest BCUT2D eigenvalue weighted by Crippen LogP contribution is -2.23. The van der Waals surface area contributed by atoms with Crippen molar-refractivity contribution in [2.45, 2.75) is 20.0 Å². The topological polar surface area (TPSA) is 98.5 Å². The van der Waals surface area contributed by atoms with Gasteiger partial charge in [-0.1, -0.05) is 12.1 Å². The zero-order valence-corrected chi connectivity index (χ0v) is 14.8. The van der Waals surface area contributed by atoms with Gasteiger partial charge < -0.3 is 10.1 Å². The third-order valence-corrected chi connectivity index (χ3v) is 3.95. The number of rotatable bonds is 5. The van der Waals surface area contributed by atoms with Crippen molar-refractivity contribution in [3.8, 4) is 0 Å². The van der Waals surface area contributed by atoms with E-state index in [2.05, 4.69) is 0 Å². The number of aryl methyl sites for hydroxylation is 1. The Labute approximate surface area is 157 Å². The summed E-state index contributed by atoms with van der Waals surface area (Å²) in [4.78, 5) is 33.7. The molecule has 0 bridgehead atoms. The molecule has 0 fully saturated rings. The van der Waals surface area contributed by atoms with E-state index in [4.69, 9.17) is 4.74 Å². The molecule has 1 amide bonds. The number of nitro groups is 1. The van der Waals surface area contributed by atoms with E-state index in [9.17, 15) is 32.9 Å². The Morgan fingerprint density at radius 2 is 1.86 bits per heavy atom. The predicted octanol–water partition coefficient (Wildman–Crippen LogP) is 4.03. The van der Waals surface area contributed by atoms with Crippen LogP contribution in [0.2, 0.25) is 0 Å². The van der Waals surface area contributed by atoms with E-state index >= 15 is 0 Å². The number of amides is 1. The van der Waals surface area contributed by atoms with Crippen LogP contribution in [0.1, 0.15) is 27.0 Å². The van der Waals surface area contributed by atoms with E-state index in [-0.39, 0.29) is 5.56 Å². The first-order valence-corrected chi connectivity index (χ1v) is 7.89. The highest BCUT2D eigenvalue weighted by molar-refractivity contribution is 5.96. The van der Waals surface area contributed by atoms with Crippen LogP contribution < -0.4 is 5.32 Å². The second kappa shape index (κ2) is 8.07. The Hall–Kier alpha value is -3.43. The third kappa shape index (κ3) is 4.84. The zero-order chi connectivity index (χ0) is 21.1. The van der Waals surface area contributed by atoms with Crippen molar-refractivity contribution >= 4 is 23.3 Å². The number of benzene rings is 2. The molecule has 2 aromatic rings. The fraction of sp³-hybridized carbons (Fsp3) is 0.222. The zero-order valence-electron chi connectivity index (χ0n) is 14.8. The van der Waals surface area contributed by atoms with Crippen LogP contribution in [0.3, 0.4) is 0 Å². The molecule has 0 radical (unpaired) electrons. The summed E-state index contributed by atoms with van der Waals surface area (Å²) in [6.45, 7) is 2.66. The largest absolute Gasteiger partial charge is 0.452 e. The molecule has 0 aliphatic carbocycles. The molecule has 28 heavy (non-hydrogen) atoms. The van der Waals surface area contributed by atoms with Crippen LogP contribution in [-0.2, 0) is 15.7 Å². The molecule has 0 saturated carbocycles. The quantitative estimate of drug-likeness (QED) is 0.467. The summed E-state index contributed by atoms with van der Waals surface area (Å²) in [5, 5.41) is 12.6. The summed E-state index contributed by atoms with van der Waals surface area (Å²) < 4.78 is 44.1. The number of anilines is 1. The Morgan fingerprint density at radius 3 is 2.46 bits per heavy atom. The number of halogens is 3. The molecule has 0 unspecified atom stereocenters. The summed E-state index contributed by atoms with van der Waals surface area (Å²) in [7, 11) is 0. The second-order valence-electron chi connectivity index (χ2n) is 5.86. The highest BCUT2D eigenvalue weighted by atomic mass is 19.4. The van der Waals surface area contributed by atoms with Crippen molar-refractivity contribution in [1.29, 1.82) is 0 Å². The molecule has 0 aliphatic heterocycles. The molecular weight excluding hydrogens is 381 g/mol. The first kappa shape index (κ1) is 20.9. The fourth-order valence-electron chi connectivity index (χ4n) is 2.36. The molecule has 0 heterocycles. The maximum Gasteiger partial charge on any atom is 0.418 e. The smallest absolute Gasteiger partial charge is 0.418 e. The number of non-ortho nitro benzene ring substituents is 1. The summed E-state index contributed by atoms with van der Waals surface area (Å²) in [5.74, 6) is -1.81. The molecule has 10 heteroatoms. The summed E-state index contributed by atoms with van der Waals surface area (Å²) >= 11 is 0. The number of carbonyl (C=O) groups is 2. The van der Waals surface area contributed by atoms with Crippen LogP contribution >= 0.6 is 0 Å². The Balaban J connectivity index is 2.12. The van der Waals surface area contributed by atoms with Crippen LogP contribution in [0.15, 0.2) is 36.4 Å². The van der Waals surface area contributed by atoms with Gasteiger partial charge in [-0.15, -0.1) is 0 Å². The average Bonchev–Trinajstić information content (AvgIpc) is 2.61. The van der Waals surface area contributed by atoms with Crippen molar-refractivity contribution in [1.82, 2.24) is 0 Å². The predicted molar refractivity (Wildman–Crippen MR) is 92.9 cm³/mol. The number of nitro benzene ring substituents is 1. The van der Waals surface area contributed by atoms with Crippen molar-refractivity contribution in [2.75, 3.05) is 11.9 Å². The number of hydrogen-bond donors (Lipinski definition) is 1. The van der Waals surface area contributed by atoms with Crippen LogP contribution in [0.25, 0.3) is 0 Å². The number of carbonyl (C=O) groups excluding carboxylic acids is 2. The van der Waals surface area contributed by atoms with Crippen LogP contribution in [0.5, 0.6) is 0 Å². The first-order chi connectivity index (χ1) is 13.0. The van der Waals surface area contributed by atoms with Gasteiger partial charge in [-0.05, 0) is 37.1 Å². The maximum atomic E-state index is 13.1. The number of nitrogens with one attached hydrogen (secondary N) is 1.